The first-order valence-electron chi connectivity index (χ1n) is 10.1. The molecule has 2 heterocycles. The van der Waals surface area contributed by atoms with Gasteiger partial charge in [0.25, 0.3) is 5.91 Å². The van der Waals surface area contributed by atoms with Crippen LogP contribution in [0.5, 0.6) is 0 Å². The molecular weight excluding hydrogens is 430 g/mol. The second-order valence-electron chi connectivity index (χ2n) is 7.55. The number of carbonyl (C=O) groups excluding carboxylic acids is 1. The molecule has 2 aromatic carbocycles. The minimum atomic E-state index is -0.218. The Hall–Kier alpha value is -3.03. The van der Waals surface area contributed by atoms with E-state index in [1.807, 2.05) is 61.5 Å². The molecule has 1 aliphatic carbocycles. The Morgan fingerprint density at radius 2 is 1.90 bits per heavy atom. The van der Waals surface area contributed by atoms with Crippen LogP contribution in [0.4, 0.5) is 0 Å². The molecular formula is C23H20ClN5OS. The molecule has 0 radical (unpaired) electrons. The van der Waals surface area contributed by atoms with Gasteiger partial charge in [0.2, 0.25) is 0 Å². The van der Waals surface area contributed by atoms with Gasteiger partial charge >= 0.3 is 0 Å². The average Bonchev–Trinajstić information content (AvgIpc) is 3.42. The van der Waals surface area contributed by atoms with Gasteiger partial charge in [-0.3, -0.25) is 4.79 Å². The Labute approximate surface area is 188 Å². The number of thiazole rings is 1. The maximum absolute atomic E-state index is 13.0. The minimum absolute atomic E-state index is 0.218. The van der Waals surface area contributed by atoms with Crippen LogP contribution < -0.4 is 5.32 Å². The van der Waals surface area contributed by atoms with Crippen molar-refractivity contribution < 1.29 is 4.79 Å². The number of hydrogen-bond acceptors (Lipinski definition) is 5. The van der Waals surface area contributed by atoms with Gasteiger partial charge in [-0.25, -0.2) is 9.67 Å². The van der Waals surface area contributed by atoms with Crippen molar-refractivity contribution in [2.24, 2.45) is 0 Å². The molecule has 8 heteroatoms. The van der Waals surface area contributed by atoms with E-state index in [9.17, 15) is 4.79 Å². The van der Waals surface area contributed by atoms with E-state index < -0.39 is 0 Å². The molecule has 2 aromatic heterocycles. The summed E-state index contributed by atoms with van der Waals surface area (Å²) in [5.74, 6) is 0.111. The van der Waals surface area contributed by atoms with Crippen LogP contribution >= 0.6 is 22.9 Å². The Morgan fingerprint density at radius 1 is 1.16 bits per heavy atom. The summed E-state index contributed by atoms with van der Waals surface area (Å²) in [6, 6.07) is 17.4. The van der Waals surface area contributed by atoms with Crippen molar-refractivity contribution >= 4 is 28.8 Å². The quantitative estimate of drug-likeness (QED) is 0.441. The van der Waals surface area contributed by atoms with Gasteiger partial charge in [-0.15, -0.1) is 16.4 Å². The van der Waals surface area contributed by atoms with Crippen LogP contribution in [-0.4, -0.2) is 25.9 Å². The van der Waals surface area contributed by atoms with E-state index in [0.717, 1.165) is 45.4 Å². The van der Waals surface area contributed by atoms with Crippen LogP contribution in [0.3, 0.4) is 0 Å². The lowest BCUT2D eigenvalue weighted by Crippen LogP contribution is -2.24. The lowest BCUT2D eigenvalue weighted by atomic mass is 10.1. The molecule has 6 nitrogen and oxygen atoms in total. The third-order valence-electron chi connectivity index (χ3n) is 5.24. The Kier molecular flexibility index (Phi) is 5.29. The number of amides is 1. The zero-order valence-electron chi connectivity index (χ0n) is 16.9. The number of carbonyl (C=O) groups is 1. The molecule has 156 valence electrons. The van der Waals surface area contributed by atoms with E-state index in [2.05, 4.69) is 15.6 Å². The maximum Gasteiger partial charge on any atom is 0.274 e. The van der Waals surface area contributed by atoms with Gasteiger partial charge in [-0.05, 0) is 44.0 Å². The highest BCUT2D eigenvalue weighted by molar-refractivity contribution is 7.12. The fourth-order valence-electron chi connectivity index (χ4n) is 3.58. The molecule has 0 aliphatic heterocycles. The largest absolute Gasteiger partial charge is 0.344 e. The average molecular weight is 450 g/mol. The zero-order chi connectivity index (χ0) is 21.4. The van der Waals surface area contributed by atoms with Gasteiger partial charge in [0.15, 0.2) is 5.69 Å². The van der Waals surface area contributed by atoms with Crippen LogP contribution in [0.2, 0.25) is 5.02 Å². The monoisotopic (exact) mass is 449 g/mol. The summed E-state index contributed by atoms with van der Waals surface area (Å²) in [5, 5.41) is 13.0. The van der Waals surface area contributed by atoms with Crippen molar-refractivity contribution in [2.45, 2.75) is 32.2 Å². The van der Waals surface area contributed by atoms with Gasteiger partial charge in [0.1, 0.15) is 5.01 Å². The van der Waals surface area contributed by atoms with Gasteiger partial charge in [-0.2, -0.15) is 0 Å². The number of hydrogen-bond donors (Lipinski definition) is 1. The second kappa shape index (κ2) is 8.24. The Balaban J connectivity index is 1.34. The van der Waals surface area contributed by atoms with Crippen LogP contribution in [0.25, 0.3) is 16.9 Å². The molecule has 1 fully saturated rings. The predicted molar refractivity (Wildman–Crippen MR) is 122 cm³/mol. The highest BCUT2D eigenvalue weighted by Crippen LogP contribution is 2.42. The number of nitrogens with one attached hydrogen (secondary N) is 1. The van der Waals surface area contributed by atoms with E-state index in [0.29, 0.717) is 23.2 Å². The maximum atomic E-state index is 13.0. The number of rotatable bonds is 6. The van der Waals surface area contributed by atoms with E-state index in [1.165, 1.54) is 0 Å². The number of nitrogens with zero attached hydrogens (tertiary/aromatic N) is 4. The molecule has 1 aliphatic rings. The molecule has 1 saturated carbocycles. The summed E-state index contributed by atoms with van der Waals surface area (Å²) in [6.07, 6.45) is 2.10. The summed E-state index contributed by atoms with van der Waals surface area (Å²) in [4.78, 5) is 18.8. The topological polar surface area (TPSA) is 72.7 Å². The van der Waals surface area contributed by atoms with Crippen LogP contribution in [0, 0.1) is 6.92 Å². The molecule has 1 amide bonds. The number of aryl methyl sites for hydroxylation is 1. The van der Waals surface area contributed by atoms with Crippen molar-refractivity contribution in [3.8, 4) is 16.9 Å². The lowest BCUT2D eigenvalue weighted by molar-refractivity contribution is 0.0944. The van der Waals surface area contributed by atoms with Crippen molar-refractivity contribution in [1.82, 2.24) is 25.3 Å². The highest BCUT2D eigenvalue weighted by atomic mass is 35.5. The van der Waals surface area contributed by atoms with E-state index >= 15 is 0 Å². The fourth-order valence-corrected chi connectivity index (χ4v) is 4.60. The minimum Gasteiger partial charge on any atom is -0.344 e. The summed E-state index contributed by atoms with van der Waals surface area (Å²) in [6.45, 7) is 2.38. The number of benzene rings is 2. The first-order valence-corrected chi connectivity index (χ1v) is 11.3. The molecule has 31 heavy (non-hydrogen) atoms. The second-order valence-corrected chi connectivity index (χ2v) is 9.27. The molecule has 0 spiro atoms. The molecule has 0 unspecified atom stereocenters. The van der Waals surface area contributed by atoms with Crippen molar-refractivity contribution in [1.29, 1.82) is 0 Å². The van der Waals surface area contributed by atoms with Crippen LogP contribution in [0.15, 0.2) is 54.6 Å². The molecule has 5 rings (SSSR count). The summed E-state index contributed by atoms with van der Waals surface area (Å²) in [5.41, 5.74) is 4.13. The highest BCUT2D eigenvalue weighted by Gasteiger charge is 2.34. The molecule has 0 saturated heterocycles. The Morgan fingerprint density at radius 3 is 2.61 bits per heavy atom. The van der Waals surface area contributed by atoms with E-state index in [-0.39, 0.29) is 5.91 Å². The predicted octanol–water partition coefficient (Wildman–Crippen LogP) is 5.16. The van der Waals surface area contributed by atoms with Crippen molar-refractivity contribution in [3.05, 3.63) is 80.9 Å². The van der Waals surface area contributed by atoms with E-state index in [1.54, 1.807) is 16.0 Å². The zero-order valence-corrected chi connectivity index (χ0v) is 18.5. The van der Waals surface area contributed by atoms with Gasteiger partial charge in [-0.1, -0.05) is 47.1 Å². The van der Waals surface area contributed by atoms with Gasteiger partial charge in [0, 0.05) is 21.4 Å². The molecule has 4 aromatic rings. The standard InChI is InChI=1S/C23H20ClN5OS/c1-14-20(15-9-11-17(24)12-10-15)26-19(31-14)13-25-23(30)21-22(16-7-8-16)29(28-27-21)18-5-3-2-4-6-18/h2-6,9-12,16H,7-8,13H2,1H3,(H,25,30). The summed E-state index contributed by atoms with van der Waals surface area (Å²) < 4.78 is 1.79. The number of halogens is 1. The third kappa shape index (κ3) is 4.11. The Bertz CT molecular complexity index is 1230. The first kappa shape index (κ1) is 19.9. The lowest BCUT2D eigenvalue weighted by Gasteiger charge is -2.07. The van der Waals surface area contributed by atoms with E-state index in [4.69, 9.17) is 16.6 Å². The van der Waals surface area contributed by atoms with Crippen molar-refractivity contribution in [2.75, 3.05) is 0 Å². The van der Waals surface area contributed by atoms with Crippen LogP contribution in [-0.2, 0) is 6.54 Å². The summed E-state index contributed by atoms with van der Waals surface area (Å²) in [7, 11) is 0. The van der Waals surface area contributed by atoms with Crippen LogP contribution in [0.1, 0.15) is 44.8 Å². The van der Waals surface area contributed by atoms with Crippen molar-refractivity contribution in [3.63, 3.8) is 0 Å². The molecule has 0 atom stereocenters. The molecule has 0 bridgehead atoms. The summed E-state index contributed by atoms with van der Waals surface area (Å²) >= 11 is 7.56. The normalized spacial score (nSPS) is 13.4. The fraction of sp³-hybridized carbons (Fsp3) is 0.217. The SMILES string of the molecule is Cc1sc(CNC(=O)c2nnn(-c3ccccc3)c2C2CC2)nc1-c1ccc(Cl)cc1. The molecule has 1 N–H and O–H groups in total. The van der Waals surface area contributed by atoms with Gasteiger partial charge < -0.3 is 5.32 Å². The number of para-hydroxylation sites is 1. The first-order chi connectivity index (χ1) is 15.1. The third-order valence-corrected chi connectivity index (χ3v) is 6.47. The smallest absolute Gasteiger partial charge is 0.274 e. The van der Waals surface area contributed by atoms with Gasteiger partial charge in [0.05, 0.1) is 23.6 Å². The number of aromatic nitrogens is 4.